The quantitative estimate of drug-likeness (QED) is 0.866. The molecular formula is C10H11ClN4OS. The Morgan fingerprint density at radius 2 is 2.35 bits per heavy atom. The summed E-state index contributed by atoms with van der Waals surface area (Å²) < 4.78 is 7.42. The summed E-state index contributed by atoms with van der Waals surface area (Å²) in [6.45, 7) is 1.19. The third kappa shape index (κ3) is 2.71. The van der Waals surface area contributed by atoms with E-state index in [4.69, 9.17) is 28.6 Å². The monoisotopic (exact) mass is 270 g/mol. The number of hydrogen-bond donors (Lipinski definition) is 1. The number of pyridine rings is 1. The lowest BCUT2D eigenvalue weighted by Crippen LogP contribution is -2.06. The van der Waals surface area contributed by atoms with Crippen molar-refractivity contribution in [1.29, 1.82) is 0 Å². The van der Waals surface area contributed by atoms with E-state index in [1.165, 1.54) is 0 Å². The van der Waals surface area contributed by atoms with Gasteiger partial charge in [0.05, 0.1) is 18.2 Å². The van der Waals surface area contributed by atoms with Gasteiger partial charge in [0.1, 0.15) is 5.69 Å². The van der Waals surface area contributed by atoms with E-state index in [-0.39, 0.29) is 0 Å². The fourth-order valence-corrected chi connectivity index (χ4v) is 1.75. The van der Waals surface area contributed by atoms with Gasteiger partial charge in [-0.05, 0) is 24.4 Å². The highest BCUT2D eigenvalue weighted by Crippen LogP contribution is 2.16. The van der Waals surface area contributed by atoms with Crippen LogP contribution < -0.4 is 0 Å². The summed E-state index contributed by atoms with van der Waals surface area (Å²) in [5.41, 5.74) is 0.720. The van der Waals surface area contributed by atoms with Crippen LogP contribution >= 0.6 is 23.8 Å². The molecule has 0 saturated heterocycles. The van der Waals surface area contributed by atoms with Gasteiger partial charge < -0.3 is 4.74 Å². The molecule has 2 aromatic rings. The van der Waals surface area contributed by atoms with Crippen LogP contribution in [-0.2, 0) is 11.3 Å². The highest BCUT2D eigenvalue weighted by atomic mass is 35.5. The molecule has 0 bridgehead atoms. The van der Waals surface area contributed by atoms with Crippen molar-refractivity contribution in [2.24, 2.45) is 0 Å². The van der Waals surface area contributed by atoms with E-state index in [0.29, 0.717) is 28.8 Å². The van der Waals surface area contributed by atoms with Crippen molar-refractivity contribution in [3.63, 3.8) is 0 Å². The molecule has 0 amide bonds. The number of aromatic nitrogens is 4. The Kier molecular flexibility index (Phi) is 3.88. The summed E-state index contributed by atoms with van der Waals surface area (Å²) >= 11 is 10.9. The largest absolute Gasteiger partial charge is 0.383 e. The molecule has 0 radical (unpaired) electrons. The van der Waals surface area contributed by atoms with Crippen molar-refractivity contribution in [1.82, 2.24) is 19.7 Å². The summed E-state index contributed by atoms with van der Waals surface area (Å²) in [6, 6.07) is 3.57. The third-order valence-corrected chi connectivity index (χ3v) is 2.77. The van der Waals surface area contributed by atoms with Gasteiger partial charge in [-0.25, -0.2) is 0 Å². The molecule has 7 heteroatoms. The lowest BCUT2D eigenvalue weighted by molar-refractivity contribution is 0.187. The SMILES string of the molecule is COCCn1c(-c2ccc(Cl)cn2)n[nH]c1=S. The lowest BCUT2D eigenvalue weighted by atomic mass is 10.3. The van der Waals surface area contributed by atoms with Crippen LogP contribution in [0.25, 0.3) is 11.5 Å². The predicted octanol–water partition coefficient (Wildman–Crippen LogP) is 2.30. The number of aromatic amines is 1. The van der Waals surface area contributed by atoms with Crippen molar-refractivity contribution in [2.45, 2.75) is 6.54 Å². The van der Waals surface area contributed by atoms with Gasteiger partial charge in [-0.1, -0.05) is 11.6 Å². The molecule has 2 aromatic heterocycles. The highest BCUT2D eigenvalue weighted by Gasteiger charge is 2.09. The highest BCUT2D eigenvalue weighted by molar-refractivity contribution is 7.71. The first-order valence-corrected chi connectivity index (χ1v) is 5.77. The van der Waals surface area contributed by atoms with Crippen molar-refractivity contribution in [3.05, 3.63) is 28.1 Å². The molecule has 5 nitrogen and oxygen atoms in total. The zero-order valence-electron chi connectivity index (χ0n) is 9.18. The van der Waals surface area contributed by atoms with Crippen LogP contribution in [0.3, 0.4) is 0 Å². The van der Waals surface area contributed by atoms with E-state index in [2.05, 4.69) is 15.2 Å². The van der Waals surface area contributed by atoms with Crippen LogP contribution in [0, 0.1) is 4.77 Å². The topological polar surface area (TPSA) is 55.7 Å². The number of nitrogens with zero attached hydrogens (tertiary/aromatic N) is 3. The summed E-state index contributed by atoms with van der Waals surface area (Å²) in [6.07, 6.45) is 1.58. The number of ether oxygens (including phenoxy) is 1. The van der Waals surface area contributed by atoms with Crippen molar-refractivity contribution < 1.29 is 4.74 Å². The summed E-state index contributed by atoms with van der Waals surface area (Å²) in [5.74, 6) is 0.684. The molecule has 1 N–H and O–H groups in total. The van der Waals surface area contributed by atoms with Crippen molar-refractivity contribution >= 4 is 23.8 Å². The number of rotatable bonds is 4. The third-order valence-electron chi connectivity index (χ3n) is 2.23. The van der Waals surface area contributed by atoms with Gasteiger partial charge in [0.15, 0.2) is 10.6 Å². The number of methoxy groups -OCH3 is 1. The summed E-state index contributed by atoms with van der Waals surface area (Å²) in [7, 11) is 1.64. The average Bonchev–Trinajstić information content (AvgIpc) is 2.69. The molecule has 17 heavy (non-hydrogen) atoms. The molecule has 0 aliphatic heterocycles. The van der Waals surface area contributed by atoms with E-state index in [0.717, 1.165) is 5.69 Å². The van der Waals surface area contributed by atoms with E-state index in [9.17, 15) is 0 Å². The normalized spacial score (nSPS) is 10.7. The van der Waals surface area contributed by atoms with Crippen molar-refractivity contribution in [3.8, 4) is 11.5 Å². The fourth-order valence-electron chi connectivity index (χ4n) is 1.41. The Bertz CT molecular complexity index is 548. The predicted molar refractivity (Wildman–Crippen MR) is 67.5 cm³/mol. The molecule has 0 spiro atoms. The molecule has 0 fully saturated rings. The zero-order valence-corrected chi connectivity index (χ0v) is 10.8. The number of hydrogen-bond acceptors (Lipinski definition) is 4. The first-order valence-electron chi connectivity index (χ1n) is 4.98. The lowest BCUT2D eigenvalue weighted by Gasteiger charge is -2.05. The van der Waals surface area contributed by atoms with Gasteiger partial charge in [0.2, 0.25) is 0 Å². The van der Waals surface area contributed by atoms with E-state index in [1.807, 2.05) is 4.57 Å². The molecule has 0 unspecified atom stereocenters. The van der Waals surface area contributed by atoms with E-state index < -0.39 is 0 Å². The second-order valence-electron chi connectivity index (χ2n) is 3.36. The van der Waals surface area contributed by atoms with Gasteiger partial charge in [-0.2, -0.15) is 5.10 Å². The van der Waals surface area contributed by atoms with Gasteiger partial charge >= 0.3 is 0 Å². The minimum absolute atomic E-state index is 0.550. The summed E-state index contributed by atoms with van der Waals surface area (Å²) in [5, 5.41) is 7.49. The molecule has 0 aliphatic rings. The number of halogens is 1. The number of nitrogens with one attached hydrogen (secondary N) is 1. The maximum Gasteiger partial charge on any atom is 0.195 e. The Morgan fingerprint density at radius 1 is 1.53 bits per heavy atom. The second-order valence-corrected chi connectivity index (χ2v) is 4.18. The fraction of sp³-hybridized carbons (Fsp3) is 0.300. The average molecular weight is 271 g/mol. The molecule has 2 rings (SSSR count). The van der Waals surface area contributed by atoms with Crippen LogP contribution in [-0.4, -0.2) is 33.5 Å². The molecule has 0 aromatic carbocycles. The minimum Gasteiger partial charge on any atom is -0.383 e. The van der Waals surface area contributed by atoms with E-state index in [1.54, 1.807) is 25.4 Å². The zero-order chi connectivity index (χ0) is 12.3. The second kappa shape index (κ2) is 5.39. The maximum atomic E-state index is 5.79. The Hall–Kier alpha value is -1.24. The summed E-state index contributed by atoms with van der Waals surface area (Å²) in [4.78, 5) is 4.21. The smallest absolute Gasteiger partial charge is 0.195 e. The number of H-pyrrole nitrogens is 1. The molecule has 0 atom stereocenters. The van der Waals surface area contributed by atoms with Crippen LogP contribution in [0.15, 0.2) is 18.3 Å². The maximum absolute atomic E-state index is 5.79. The van der Waals surface area contributed by atoms with Crippen LogP contribution in [0.4, 0.5) is 0 Å². The minimum atomic E-state index is 0.550. The molecular weight excluding hydrogens is 260 g/mol. The molecule has 2 heterocycles. The van der Waals surface area contributed by atoms with Gasteiger partial charge in [0.25, 0.3) is 0 Å². The van der Waals surface area contributed by atoms with Gasteiger partial charge in [0, 0.05) is 13.3 Å². The van der Waals surface area contributed by atoms with Crippen LogP contribution in [0.2, 0.25) is 5.02 Å². The van der Waals surface area contributed by atoms with Crippen LogP contribution in [0.5, 0.6) is 0 Å². The Morgan fingerprint density at radius 3 is 3.00 bits per heavy atom. The molecule has 90 valence electrons. The van der Waals surface area contributed by atoms with Crippen molar-refractivity contribution in [2.75, 3.05) is 13.7 Å². The van der Waals surface area contributed by atoms with Gasteiger partial charge in [-0.15, -0.1) is 0 Å². The molecule has 0 saturated carbocycles. The van der Waals surface area contributed by atoms with Crippen LogP contribution in [0.1, 0.15) is 0 Å². The standard InChI is InChI=1S/C10H11ClN4OS/c1-16-5-4-15-9(13-14-10(15)17)8-3-2-7(11)6-12-8/h2-3,6H,4-5H2,1H3,(H,14,17). The Labute approximate surface area is 108 Å². The van der Waals surface area contributed by atoms with Gasteiger partial charge in [-0.3, -0.25) is 14.6 Å². The first kappa shape index (κ1) is 12.2. The first-order chi connectivity index (χ1) is 8.22. The Balaban J connectivity index is 2.38. The van der Waals surface area contributed by atoms with E-state index >= 15 is 0 Å². The molecule has 0 aliphatic carbocycles.